The molecule has 5 nitrogen and oxygen atoms in total. The van der Waals surface area contributed by atoms with Crippen LogP contribution in [0.15, 0.2) is 48.5 Å². The number of amides is 1. The zero-order valence-corrected chi connectivity index (χ0v) is 19.2. The van der Waals surface area contributed by atoms with Crippen molar-refractivity contribution in [3.63, 3.8) is 0 Å². The summed E-state index contributed by atoms with van der Waals surface area (Å²) in [6, 6.07) is 18.7. The first kappa shape index (κ1) is 21.7. The molecule has 1 fully saturated rings. The molecule has 1 amide bonds. The third kappa shape index (κ3) is 4.67. The Morgan fingerprint density at radius 3 is 2.76 bits per heavy atom. The second kappa shape index (κ2) is 9.41. The second-order valence-corrected chi connectivity index (χ2v) is 9.78. The zero-order chi connectivity index (χ0) is 22.7. The van der Waals surface area contributed by atoms with E-state index in [1.54, 1.807) is 0 Å². The molecule has 1 aliphatic heterocycles. The Kier molecular flexibility index (Phi) is 6.20. The predicted octanol–water partition coefficient (Wildman–Crippen LogP) is 5.05. The van der Waals surface area contributed by atoms with Crippen LogP contribution in [-0.4, -0.2) is 28.9 Å². The number of nitrogens with zero attached hydrogens (tertiary/aromatic N) is 2. The van der Waals surface area contributed by atoms with Gasteiger partial charge in [-0.1, -0.05) is 43.5 Å². The molecule has 1 aromatic heterocycles. The third-order valence-electron chi connectivity index (χ3n) is 7.65. The van der Waals surface area contributed by atoms with Gasteiger partial charge in [-0.3, -0.25) is 9.69 Å². The molecule has 2 N–H and O–H groups in total. The highest BCUT2D eigenvalue weighted by Crippen LogP contribution is 2.40. The maximum Gasteiger partial charge on any atom is 0.226 e. The number of nitrogens with one attached hydrogen (secondary N) is 2. The lowest BCUT2D eigenvalue weighted by molar-refractivity contribution is -0.134. The van der Waals surface area contributed by atoms with Crippen LogP contribution in [0.5, 0.6) is 0 Å². The fourth-order valence-electron chi connectivity index (χ4n) is 5.66. The number of para-hydroxylation sites is 1. The van der Waals surface area contributed by atoms with Crippen LogP contribution in [0.2, 0.25) is 0 Å². The average Bonchev–Trinajstić information content (AvgIpc) is 3.29. The molecule has 0 spiro atoms. The molecular weight excluding hydrogens is 408 g/mol. The van der Waals surface area contributed by atoms with Crippen LogP contribution in [0.1, 0.15) is 60.9 Å². The van der Waals surface area contributed by atoms with Crippen molar-refractivity contribution in [2.75, 3.05) is 13.1 Å². The van der Waals surface area contributed by atoms with E-state index in [0.29, 0.717) is 6.54 Å². The molecule has 2 aliphatic rings. The first-order valence-electron chi connectivity index (χ1n) is 12.2. The van der Waals surface area contributed by atoms with Crippen molar-refractivity contribution in [3.8, 4) is 6.07 Å². The van der Waals surface area contributed by atoms with Crippen LogP contribution in [0.25, 0.3) is 10.9 Å². The van der Waals surface area contributed by atoms with E-state index in [9.17, 15) is 10.1 Å². The van der Waals surface area contributed by atoms with Gasteiger partial charge in [-0.25, -0.2) is 0 Å². The first-order valence-corrected chi connectivity index (χ1v) is 12.2. The zero-order valence-electron chi connectivity index (χ0n) is 19.2. The SMILES string of the molecule is N#Cc1ccc2c(c1)CN(CCC1(C(=O)NCc3cc4ccccc4[nH]3)CCCCC1)CC2. The van der Waals surface area contributed by atoms with E-state index in [1.807, 2.05) is 24.3 Å². The number of aromatic amines is 1. The van der Waals surface area contributed by atoms with E-state index < -0.39 is 0 Å². The topological polar surface area (TPSA) is 71.9 Å². The van der Waals surface area contributed by atoms with Gasteiger partial charge in [-0.2, -0.15) is 5.26 Å². The summed E-state index contributed by atoms with van der Waals surface area (Å²) in [6.45, 7) is 3.36. The Morgan fingerprint density at radius 2 is 1.94 bits per heavy atom. The third-order valence-corrected chi connectivity index (χ3v) is 7.65. The summed E-state index contributed by atoms with van der Waals surface area (Å²) in [7, 11) is 0. The Labute approximate surface area is 195 Å². The maximum atomic E-state index is 13.5. The van der Waals surface area contributed by atoms with Crippen LogP contribution in [0, 0.1) is 16.7 Å². The van der Waals surface area contributed by atoms with Crippen molar-refractivity contribution < 1.29 is 4.79 Å². The minimum atomic E-state index is -0.265. The highest BCUT2D eigenvalue weighted by Gasteiger charge is 2.39. The summed E-state index contributed by atoms with van der Waals surface area (Å²) in [5.41, 5.74) is 5.25. The Morgan fingerprint density at radius 1 is 1.09 bits per heavy atom. The van der Waals surface area contributed by atoms with E-state index >= 15 is 0 Å². The van der Waals surface area contributed by atoms with E-state index in [1.165, 1.54) is 22.9 Å². The van der Waals surface area contributed by atoms with Gasteiger partial charge >= 0.3 is 0 Å². The largest absolute Gasteiger partial charge is 0.357 e. The Balaban J connectivity index is 1.23. The van der Waals surface area contributed by atoms with Gasteiger partial charge in [0.1, 0.15) is 0 Å². The fraction of sp³-hybridized carbons (Fsp3) is 0.429. The number of H-pyrrole nitrogens is 1. The predicted molar refractivity (Wildman–Crippen MR) is 130 cm³/mol. The fourth-order valence-corrected chi connectivity index (χ4v) is 5.66. The second-order valence-electron chi connectivity index (χ2n) is 9.78. The highest BCUT2D eigenvalue weighted by atomic mass is 16.2. The molecule has 0 unspecified atom stereocenters. The molecule has 0 saturated heterocycles. The van der Waals surface area contributed by atoms with E-state index in [-0.39, 0.29) is 11.3 Å². The van der Waals surface area contributed by atoms with Gasteiger partial charge in [0.15, 0.2) is 0 Å². The summed E-state index contributed by atoms with van der Waals surface area (Å²) < 4.78 is 0. The van der Waals surface area contributed by atoms with E-state index in [4.69, 9.17) is 0 Å². The van der Waals surface area contributed by atoms with Crippen molar-refractivity contribution in [1.29, 1.82) is 5.26 Å². The van der Waals surface area contributed by atoms with Gasteiger partial charge in [-0.15, -0.1) is 0 Å². The van der Waals surface area contributed by atoms with Gasteiger partial charge in [0.2, 0.25) is 5.91 Å². The quantitative estimate of drug-likeness (QED) is 0.563. The number of carbonyl (C=O) groups excluding carboxylic acids is 1. The van der Waals surface area contributed by atoms with Crippen molar-refractivity contribution in [2.24, 2.45) is 5.41 Å². The van der Waals surface area contributed by atoms with Gasteiger partial charge in [-0.05, 0) is 73.0 Å². The van der Waals surface area contributed by atoms with E-state index in [2.05, 4.69) is 45.5 Å². The van der Waals surface area contributed by atoms with Gasteiger partial charge in [0.05, 0.1) is 23.6 Å². The average molecular weight is 441 g/mol. The number of hydrogen-bond acceptors (Lipinski definition) is 3. The van der Waals surface area contributed by atoms with Crippen LogP contribution in [-0.2, 0) is 24.3 Å². The van der Waals surface area contributed by atoms with Crippen molar-refractivity contribution >= 4 is 16.8 Å². The molecule has 2 heterocycles. The number of rotatable bonds is 6. The summed E-state index contributed by atoms with van der Waals surface area (Å²) in [6.07, 6.45) is 7.37. The van der Waals surface area contributed by atoms with Crippen molar-refractivity contribution in [3.05, 3.63) is 70.9 Å². The maximum absolute atomic E-state index is 13.5. The van der Waals surface area contributed by atoms with E-state index in [0.717, 1.165) is 74.9 Å². The molecule has 1 saturated carbocycles. The molecule has 5 heteroatoms. The molecule has 0 atom stereocenters. The monoisotopic (exact) mass is 440 g/mol. The number of nitriles is 1. The summed E-state index contributed by atoms with van der Waals surface area (Å²) in [4.78, 5) is 19.4. The lowest BCUT2D eigenvalue weighted by Gasteiger charge is -2.38. The normalized spacial score (nSPS) is 17.9. The van der Waals surface area contributed by atoms with Gasteiger partial charge in [0, 0.05) is 24.3 Å². The smallest absolute Gasteiger partial charge is 0.226 e. The standard InChI is InChI=1S/C28H32N4O/c29-18-21-8-9-22-10-14-32(20-24(22)16-21)15-13-28(11-4-1-5-12-28)27(33)30-19-25-17-23-6-2-3-7-26(23)31-25/h2-3,6-9,16-17,31H,1,4-5,10-15,19-20H2,(H,30,33). The molecule has 5 rings (SSSR count). The van der Waals surface area contributed by atoms with Crippen molar-refractivity contribution in [1.82, 2.24) is 15.2 Å². The first-order chi connectivity index (χ1) is 16.1. The molecular formula is C28H32N4O. The lowest BCUT2D eigenvalue weighted by Crippen LogP contribution is -2.44. The molecule has 33 heavy (non-hydrogen) atoms. The van der Waals surface area contributed by atoms with Crippen LogP contribution in [0.3, 0.4) is 0 Å². The van der Waals surface area contributed by atoms with Crippen LogP contribution in [0.4, 0.5) is 0 Å². The molecule has 2 aromatic carbocycles. The molecule has 0 radical (unpaired) electrons. The Bertz CT molecular complexity index is 1150. The number of benzene rings is 2. The lowest BCUT2D eigenvalue weighted by atomic mass is 9.71. The number of carbonyl (C=O) groups is 1. The minimum absolute atomic E-state index is 0.213. The molecule has 170 valence electrons. The van der Waals surface area contributed by atoms with Crippen LogP contribution < -0.4 is 5.32 Å². The summed E-state index contributed by atoms with van der Waals surface area (Å²) in [5, 5.41) is 13.7. The molecule has 0 bridgehead atoms. The Hall–Kier alpha value is -3.10. The number of fused-ring (bicyclic) bond motifs is 2. The van der Waals surface area contributed by atoms with Gasteiger partial charge < -0.3 is 10.3 Å². The minimum Gasteiger partial charge on any atom is -0.357 e. The van der Waals surface area contributed by atoms with Crippen molar-refractivity contribution in [2.45, 2.75) is 58.0 Å². The number of hydrogen-bond donors (Lipinski definition) is 2. The van der Waals surface area contributed by atoms with Gasteiger partial charge in [0.25, 0.3) is 0 Å². The molecule has 1 aliphatic carbocycles. The molecule has 3 aromatic rings. The summed E-state index contributed by atoms with van der Waals surface area (Å²) in [5.74, 6) is 0.213. The van der Waals surface area contributed by atoms with Crippen LogP contribution >= 0.6 is 0 Å². The summed E-state index contributed by atoms with van der Waals surface area (Å²) >= 11 is 0. The number of aromatic nitrogens is 1. The highest BCUT2D eigenvalue weighted by molar-refractivity contribution is 5.83.